The van der Waals surface area contributed by atoms with Crippen LogP contribution in [-0.4, -0.2) is 36.1 Å². The van der Waals surface area contributed by atoms with Crippen LogP contribution < -0.4 is 5.32 Å². The molecule has 98 valence electrons. The molecule has 0 bridgehead atoms. The lowest BCUT2D eigenvalue weighted by Crippen LogP contribution is -2.64. The van der Waals surface area contributed by atoms with E-state index >= 15 is 0 Å². The van der Waals surface area contributed by atoms with Crippen molar-refractivity contribution < 1.29 is 0 Å². The minimum atomic E-state index is 0.332. The van der Waals surface area contributed by atoms with E-state index in [9.17, 15) is 0 Å². The van der Waals surface area contributed by atoms with Crippen LogP contribution in [0.4, 0.5) is 0 Å². The molecule has 0 aromatic rings. The van der Waals surface area contributed by atoms with Crippen molar-refractivity contribution in [1.82, 2.24) is 10.2 Å². The molecule has 0 aromatic carbocycles. The molecule has 3 heteroatoms. The molecule has 2 rings (SSSR count). The molecule has 2 atom stereocenters. The summed E-state index contributed by atoms with van der Waals surface area (Å²) in [5, 5.41) is 3.79. The van der Waals surface area contributed by atoms with Gasteiger partial charge in [0, 0.05) is 36.8 Å². The van der Waals surface area contributed by atoms with E-state index in [-0.39, 0.29) is 0 Å². The first-order valence-electron chi connectivity index (χ1n) is 6.84. The van der Waals surface area contributed by atoms with Gasteiger partial charge in [-0.1, -0.05) is 18.5 Å². The van der Waals surface area contributed by atoms with E-state index in [0.717, 1.165) is 25.6 Å². The van der Waals surface area contributed by atoms with E-state index < -0.39 is 0 Å². The van der Waals surface area contributed by atoms with Gasteiger partial charge in [0.05, 0.1) is 0 Å². The van der Waals surface area contributed by atoms with Crippen LogP contribution in [0.15, 0.2) is 11.1 Å². The average molecular weight is 257 g/mol. The molecule has 1 saturated heterocycles. The van der Waals surface area contributed by atoms with Crippen LogP contribution in [0.25, 0.3) is 0 Å². The second kappa shape index (κ2) is 5.29. The van der Waals surface area contributed by atoms with Crippen LogP contribution in [0.1, 0.15) is 40.0 Å². The van der Waals surface area contributed by atoms with Crippen molar-refractivity contribution >= 4 is 11.6 Å². The normalized spacial score (nSPS) is 36.2. The van der Waals surface area contributed by atoms with Crippen molar-refractivity contribution in [1.29, 1.82) is 0 Å². The molecule has 17 heavy (non-hydrogen) atoms. The first kappa shape index (κ1) is 13.4. The largest absolute Gasteiger partial charge is 0.308 e. The van der Waals surface area contributed by atoms with Gasteiger partial charge in [0.15, 0.2) is 0 Å². The van der Waals surface area contributed by atoms with E-state index in [4.69, 9.17) is 11.6 Å². The van der Waals surface area contributed by atoms with Crippen molar-refractivity contribution in [2.75, 3.05) is 19.6 Å². The van der Waals surface area contributed by atoms with Gasteiger partial charge in [0.2, 0.25) is 0 Å². The van der Waals surface area contributed by atoms with Gasteiger partial charge in [0.1, 0.15) is 0 Å². The summed E-state index contributed by atoms with van der Waals surface area (Å²) in [6.07, 6.45) is 4.01. The van der Waals surface area contributed by atoms with Crippen LogP contribution in [0.5, 0.6) is 0 Å². The molecule has 2 nitrogen and oxygen atoms in total. The third-order valence-corrected chi connectivity index (χ3v) is 4.75. The molecule has 2 unspecified atom stereocenters. The zero-order chi connectivity index (χ0) is 12.5. The zero-order valence-electron chi connectivity index (χ0n) is 11.3. The zero-order valence-corrected chi connectivity index (χ0v) is 12.1. The molecule has 1 heterocycles. The Hall–Kier alpha value is -0.0500. The fourth-order valence-corrected chi connectivity index (χ4v) is 3.09. The van der Waals surface area contributed by atoms with Crippen LogP contribution in [0.3, 0.4) is 0 Å². The Morgan fingerprint density at radius 2 is 2.24 bits per heavy atom. The molecule has 0 aromatic heterocycles. The monoisotopic (exact) mass is 256 g/mol. The van der Waals surface area contributed by atoms with Crippen molar-refractivity contribution in [3.05, 3.63) is 11.1 Å². The Morgan fingerprint density at radius 1 is 1.53 bits per heavy atom. The first-order valence-corrected chi connectivity index (χ1v) is 7.27. The SMILES string of the molecule is CCC1CNC(C)(C2CC2)CN1CC(C)=CCl. The van der Waals surface area contributed by atoms with Crippen molar-refractivity contribution in [3.63, 3.8) is 0 Å². The predicted octanol–water partition coefficient (Wildman–Crippen LogP) is 2.98. The fourth-order valence-electron chi connectivity index (χ4n) is 3.02. The van der Waals surface area contributed by atoms with Gasteiger partial charge < -0.3 is 5.32 Å². The highest BCUT2D eigenvalue weighted by molar-refractivity contribution is 6.25. The number of hydrogen-bond acceptors (Lipinski definition) is 2. The second-order valence-corrected chi connectivity index (χ2v) is 6.21. The number of rotatable bonds is 4. The summed E-state index contributed by atoms with van der Waals surface area (Å²) in [6, 6.07) is 0.661. The topological polar surface area (TPSA) is 15.3 Å². The predicted molar refractivity (Wildman–Crippen MR) is 74.4 cm³/mol. The van der Waals surface area contributed by atoms with Crippen LogP contribution in [0, 0.1) is 5.92 Å². The molecule has 0 radical (unpaired) electrons. The van der Waals surface area contributed by atoms with Gasteiger partial charge >= 0.3 is 0 Å². The third-order valence-electron chi connectivity index (χ3n) is 4.38. The molecule has 1 aliphatic carbocycles. The van der Waals surface area contributed by atoms with Crippen LogP contribution in [-0.2, 0) is 0 Å². The molecule has 1 saturated carbocycles. The summed E-state index contributed by atoms with van der Waals surface area (Å²) >= 11 is 5.80. The highest BCUT2D eigenvalue weighted by Gasteiger charge is 2.45. The summed E-state index contributed by atoms with van der Waals surface area (Å²) in [5.74, 6) is 0.892. The quantitative estimate of drug-likeness (QED) is 0.832. The minimum absolute atomic E-state index is 0.332. The Bertz CT molecular complexity index is 299. The van der Waals surface area contributed by atoms with Gasteiger partial charge in [-0.3, -0.25) is 4.90 Å². The highest BCUT2D eigenvalue weighted by Crippen LogP contribution is 2.41. The smallest absolute Gasteiger partial charge is 0.0309 e. The van der Waals surface area contributed by atoms with Gasteiger partial charge in [-0.05, 0) is 44.6 Å². The highest BCUT2D eigenvalue weighted by atomic mass is 35.5. The molecule has 0 spiro atoms. The standard InChI is InChI=1S/C14H25ClN2/c1-4-13-8-16-14(3,12-5-6-12)10-17(13)9-11(2)7-15/h7,12-13,16H,4-6,8-10H2,1-3H3. The number of halogens is 1. The number of hydrogen-bond donors (Lipinski definition) is 1. The Kier molecular flexibility index (Phi) is 4.17. The lowest BCUT2D eigenvalue weighted by atomic mass is 9.90. The van der Waals surface area contributed by atoms with E-state index in [1.807, 2.05) is 0 Å². The molecule has 2 aliphatic rings. The number of nitrogens with one attached hydrogen (secondary N) is 1. The summed E-state index contributed by atoms with van der Waals surface area (Å²) in [4.78, 5) is 2.61. The van der Waals surface area contributed by atoms with Crippen molar-refractivity contribution in [2.45, 2.75) is 51.6 Å². The Labute approximate surface area is 110 Å². The summed E-state index contributed by atoms with van der Waals surface area (Å²) < 4.78 is 0. The number of nitrogens with zero attached hydrogens (tertiary/aromatic N) is 1. The van der Waals surface area contributed by atoms with Crippen LogP contribution >= 0.6 is 11.6 Å². The van der Waals surface area contributed by atoms with E-state index in [1.165, 1.54) is 24.8 Å². The molecule has 1 aliphatic heterocycles. The summed E-state index contributed by atoms with van der Waals surface area (Å²) in [5.41, 5.74) is 3.33. The second-order valence-electron chi connectivity index (χ2n) is 6.00. The molecular formula is C14H25ClN2. The van der Waals surface area contributed by atoms with E-state index in [2.05, 4.69) is 31.0 Å². The average Bonchev–Trinajstić information content (AvgIpc) is 3.13. The van der Waals surface area contributed by atoms with E-state index in [1.54, 1.807) is 5.54 Å². The molecule has 2 fully saturated rings. The Morgan fingerprint density at radius 3 is 2.76 bits per heavy atom. The molecular weight excluding hydrogens is 232 g/mol. The van der Waals surface area contributed by atoms with Gasteiger partial charge in [0.25, 0.3) is 0 Å². The summed E-state index contributed by atoms with van der Waals surface area (Å²) in [7, 11) is 0. The van der Waals surface area contributed by atoms with Crippen molar-refractivity contribution in [2.24, 2.45) is 5.92 Å². The van der Waals surface area contributed by atoms with Crippen molar-refractivity contribution in [3.8, 4) is 0 Å². The lowest BCUT2D eigenvalue weighted by Gasteiger charge is -2.46. The lowest BCUT2D eigenvalue weighted by molar-refractivity contribution is 0.0813. The van der Waals surface area contributed by atoms with Gasteiger partial charge in [-0.15, -0.1) is 0 Å². The minimum Gasteiger partial charge on any atom is -0.308 e. The molecule has 1 N–H and O–H groups in total. The third kappa shape index (κ3) is 3.04. The first-order chi connectivity index (χ1) is 8.09. The Balaban J connectivity index is 2.02. The van der Waals surface area contributed by atoms with Gasteiger partial charge in [-0.25, -0.2) is 0 Å². The number of piperazine rings is 1. The molecule has 0 amide bonds. The summed E-state index contributed by atoms with van der Waals surface area (Å²) in [6.45, 7) is 10.1. The van der Waals surface area contributed by atoms with Crippen LogP contribution in [0.2, 0.25) is 0 Å². The van der Waals surface area contributed by atoms with Gasteiger partial charge in [-0.2, -0.15) is 0 Å². The fraction of sp³-hybridized carbons (Fsp3) is 0.857. The maximum Gasteiger partial charge on any atom is 0.0309 e. The maximum atomic E-state index is 5.80. The maximum absolute atomic E-state index is 5.80. The van der Waals surface area contributed by atoms with E-state index in [0.29, 0.717) is 11.6 Å².